The van der Waals surface area contributed by atoms with Crippen LogP contribution in [-0.4, -0.2) is 30.7 Å². The Morgan fingerprint density at radius 1 is 1.33 bits per heavy atom. The number of nitrogens with one attached hydrogen (secondary N) is 1. The van der Waals surface area contributed by atoms with Gasteiger partial charge in [-0.2, -0.15) is 0 Å². The van der Waals surface area contributed by atoms with Crippen molar-refractivity contribution in [2.75, 3.05) is 20.3 Å². The highest BCUT2D eigenvalue weighted by Gasteiger charge is 2.06. The molecule has 5 nitrogen and oxygen atoms in total. The molecule has 0 aliphatic rings. The molecule has 1 rings (SSSR count). The molecular weight excluding hydrogens is 232 g/mol. The maximum Gasteiger partial charge on any atom is 0.239 e. The molecule has 0 aliphatic carbocycles. The molecule has 0 bridgehead atoms. The van der Waals surface area contributed by atoms with E-state index < -0.39 is 0 Å². The molecule has 1 aromatic heterocycles. The van der Waals surface area contributed by atoms with Gasteiger partial charge >= 0.3 is 0 Å². The molecule has 0 saturated heterocycles. The Kier molecular flexibility index (Phi) is 5.58. The molecule has 1 aromatic rings. The van der Waals surface area contributed by atoms with Crippen LogP contribution in [0.2, 0.25) is 0 Å². The second-order valence-electron chi connectivity index (χ2n) is 4.26. The summed E-state index contributed by atoms with van der Waals surface area (Å²) in [7, 11) is 1.63. The Morgan fingerprint density at radius 2 is 1.94 bits per heavy atom. The van der Waals surface area contributed by atoms with Crippen molar-refractivity contribution in [3.63, 3.8) is 0 Å². The number of methoxy groups -OCH3 is 1. The van der Waals surface area contributed by atoms with E-state index in [1.165, 1.54) is 12.1 Å². The summed E-state index contributed by atoms with van der Waals surface area (Å²) in [5, 5.41) is 2.82. The van der Waals surface area contributed by atoms with Crippen molar-refractivity contribution in [2.45, 2.75) is 26.8 Å². The van der Waals surface area contributed by atoms with Crippen LogP contribution in [0.4, 0.5) is 0 Å². The van der Waals surface area contributed by atoms with Crippen LogP contribution >= 0.6 is 0 Å². The monoisotopic (exact) mass is 252 g/mol. The molecule has 1 heterocycles. The van der Waals surface area contributed by atoms with E-state index in [1.54, 1.807) is 7.11 Å². The average molecular weight is 252 g/mol. The average Bonchev–Trinajstić information content (AvgIpc) is 2.29. The van der Waals surface area contributed by atoms with E-state index in [1.807, 2.05) is 18.4 Å². The highest BCUT2D eigenvalue weighted by atomic mass is 16.5. The molecular formula is C13H20N2O3. The lowest BCUT2D eigenvalue weighted by atomic mass is 10.3. The van der Waals surface area contributed by atoms with Crippen molar-refractivity contribution >= 4 is 5.91 Å². The minimum absolute atomic E-state index is 0.0262. The highest BCUT2D eigenvalue weighted by molar-refractivity contribution is 5.75. The van der Waals surface area contributed by atoms with Gasteiger partial charge in [0.2, 0.25) is 5.91 Å². The van der Waals surface area contributed by atoms with E-state index >= 15 is 0 Å². The Morgan fingerprint density at radius 3 is 2.50 bits per heavy atom. The van der Waals surface area contributed by atoms with Gasteiger partial charge in [0.05, 0.1) is 0 Å². The summed E-state index contributed by atoms with van der Waals surface area (Å²) in [6, 6.07) is 3.07. The van der Waals surface area contributed by atoms with Gasteiger partial charge in [-0.15, -0.1) is 0 Å². The summed E-state index contributed by atoms with van der Waals surface area (Å²) < 4.78 is 6.73. The van der Waals surface area contributed by atoms with Crippen LogP contribution in [0.15, 0.2) is 16.9 Å². The first kappa shape index (κ1) is 14.4. The number of pyridine rings is 1. The molecule has 0 unspecified atom stereocenters. The molecule has 0 aromatic carbocycles. The number of aryl methyl sites for hydroxylation is 2. The first-order valence-electron chi connectivity index (χ1n) is 5.98. The standard InChI is InChI=1S/C13H20N2O3/c1-10-7-12(16)8-11(2)15(10)9-13(17)14-5-4-6-18-3/h7-8H,4-6,9H2,1-3H3,(H,14,17). The summed E-state index contributed by atoms with van der Waals surface area (Å²) >= 11 is 0. The van der Waals surface area contributed by atoms with Gasteiger partial charge in [0.25, 0.3) is 0 Å². The second-order valence-corrected chi connectivity index (χ2v) is 4.26. The van der Waals surface area contributed by atoms with Gasteiger partial charge in [0.1, 0.15) is 6.54 Å². The Hall–Kier alpha value is -1.62. The number of ether oxygens (including phenoxy) is 1. The van der Waals surface area contributed by atoms with Gasteiger partial charge in [-0.1, -0.05) is 0 Å². The fourth-order valence-corrected chi connectivity index (χ4v) is 1.78. The number of nitrogens with zero attached hydrogens (tertiary/aromatic N) is 1. The number of rotatable bonds is 6. The predicted molar refractivity (Wildman–Crippen MR) is 69.7 cm³/mol. The third kappa shape index (κ3) is 4.33. The fourth-order valence-electron chi connectivity index (χ4n) is 1.78. The van der Waals surface area contributed by atoms with Crippen LogP contribution in [0.1, 0.15) is 17.8 Å². The highest BCUT2D eigenvalue weighted by Crippen LogP contribution is 2.01. The molecule has 0 saturated carbocycles. The van der Waals surface area contributed by atoms with Gasteiger partial charge in [-0.3, -0.25) is 9.59 Å². The van der Waals surface area contributed by atoms with Gasteiger partial charge in [0.15, 0.2) is 5.43 Å². The molecule has 0 aliphatic heterocycles. The quantitative estimate of drug-likeness (QED) is 0.755. The van der Waals surface area contributed by atoms with E-state index in [0.717, 1.165) is 17.8 Å². The zero-order chi connectivity index (χ0) is 13.5. The molecule has 0 atom stereocenters. The van der Waals surface area contributed by atoms with Crippen LogP contribution in [0, 0.1) is 13.8 Å². The molecule has 0 spiro atoms. The van der Waals surface area contributed by atoms with Gasteiger partial charge in [0, 0.05) is 43.8 Å². The maximum atomic E-state index is 11.7. The van der Waals surface area contributed by atoms with Crippen LogP contribution < -0.4 is 10.7 Å². The molecule has 18 heavy (non-hydrogen) atoms. The Bertz CT molecular complexity index is 440. The van der Waals surface area contributed by atoms with Crippen molar-refractivity contribution in [3.8, 4) is 0 Å². The molecule has 0 radical (unpaired) electrons. The van der Waals surface area contributed by atoms with E-state index in [-0.39, 0.29) is 17.9 Å². The normalized spacial score (nSPS) is 10.4. The number of hydrogen-bond donors (Lipinski definition) is 1. The number of carbonyl (C=O) groups is 1. The zero-order valence-electron chi connectivity index (χ0n) is 11.2. The van der Waals surface area contributed by atoms with Crippen LogP contribution in [0.25, 0.3) is 0 Å². The zero-order valence-corrected chi connectivity index (χ0v) is 11.2. The van der Waals surface area contributed by atoms with Crippen molar-refractivity contribution in [2.24, 2.45) is 0 Å². The molecule has 5 heteroatoms. The smallest absolute Gasteiger partial charge is 0.239 e. The van der Waals surface area contributed by atoms with Crippen molar-refractivity contribution in [1.29, 1.82) is 0 Å². The molecule has 0 fully saturated rings. The number of amides is 1. The lowest BCUT2D eigenvalue weighted by Crippen LogP contribution is -2.30. The summed E-state index contributed by atoms with van der Waals surface area (Å²) in [6.07, 6.45) is 0.796. The van der Waals surface area contributed by atoms with Gasteiger partial charge in [-0.25, -0.2) is 0 Å². The van der Waals surface area contributed by atoms with E-state index in [0.29, 0.717) is 13.2 Å². The van der Waals surface area contributed by atoms with Crippen molar-refractivity contribution in [1.82, 2.24) is 9.88 Å². The van der Waals surface area contributed by atoms with Crippen molar-refractivity contribution < 1.29 is 9.53 Å². The molecule has 1 amide bonds. The van der Waals surface area contributed by atoms with Crippen LogP contribution in [0.3, 0.4) is 0 Å². The van der Waals surface area contributed by atoms with Crippen molar-refractivity contribution in [3.05, 3.63) is 33.7 Å². The van der Waals surface area contributed by atoms with Gasteiger partial charge in [-0.05, 0) is 20.3 Å². The largest absolute Gasteiger partial charge is 0.385 e. The fraction of sp³-hybridized carbons (Fsp3) is 0.538. The van der Waals surface area contributed by atoms with E-state index in [4.69, 9.17) is 4.74 Å². The number of aromatic nitrogens is 1. The minimum Gasteiger partial charge on any atom is -0.385 e. The third-order valence-electron chi connectivity index (χ3n) is 2.70. The summed E-state index contributed by atoms with van der Waals surface area (Å²) in [6.45, 7) is 5.13. The third-order valence-corrected chi connectivity index (χ3v) is 2.70. The van der Waals surface area contributed by atoms with E-state index in [9.17, 15) is 9.59 Å². The summed E-state index contributed by atoms with van der Waals surface area (Å²) in [4.78, 5) is 23.0. The van der Waals surface area contributed by atoms with Crippen LogP contribution in [-0.2, 0) is 16.1 Å². The lowest BCUT2D eigenvalue weighted by Gasteiger charge is -2.13. The maximum absolute atomic E-state index is 11.7. The Labute approximate surface area is 107 Å². The second kappa shape index (κ2) is 6.96. The van der Waals surface area contributed by atoms with Crippen LogP contribution in [0.5, 0.6) is 0 Å². The Balaban J connectivity index is 2.57. The minimum atomic E-state index is -0.0547. The summed E-state index contributed by atoms with van der Waals surface area (Å²) in [5.74, 6) is -0.0547. The number of carbonyl (C=O) groups excluding carboxylic acids is 1. The molecule has 1 N–H and O–H groups in total. The number of hydrogen-bond acceptors (Lipinski definition) is 3. The first-order valence-corrected chi connectivity index (χ1v) is 5.98. The summed E-state index contributed by atoms with van der Waals surface area (Å²) in [5.41, 5.74) is 1.57. The first-order chi connectivity index (χ1) is 8.54. The van der Waals surface area contributed by atoms with E-state index in [2.05, 4.69) is 5.32 Å². The predicted octanol–water partition coefficient (Wildman–Crippen LogP) is 0.618. The molecule has 100 valence electrons. The van der Waals surface area contributed by atoms with Gasteiger partial charge < -0.3 is 14.6 Å². The topological polar surface area (TPSA) is 60.3 Å². The SMILES string of the molecule is COCCCNC(=O)Cn1c(C)cc(=O)cc1C. The lowest BCUT2D eigenvalue weighted by molar-refractivity contribution is -0.121.